The normalized spacial score (nSPS) is 19.4. The monoisotopic (exact) mass is 420 g/mol. The maximum Gasteiger partial charge on any atom is 0.264 e. The summed E-state index contributed by atoms with van der Waals surface area (Å²) in [7, 11) is -2.85. The molecule has 1 amide bonds. The number of ether oxygens (including phenoxy) is 1. The standard InChI is InChI=1S/C21H25FN2O4S/c1-14-7-3-4-8-17(14)23-21(25)15-11-12-16(22)20(13-15)29(26,27)24-18-9-5-6-10-19(18)28-2/h5-6,9-14,17,24H,3-4,7-8H2,1-2H3,(H,23,25)/t14-,17+/m0/s1. The Morgan fingerprint density at radius 1 is 1.14 bits per heavy atom. The molecule has 0 unspecified atom stereocenters. The first-order chi connectivity index (χ1) is 13.8. The molecule has 1 saturated carbocycles. The van der Waals surface area contributed by atoms with E-state index in [4.69, 9.17) is 4.74 Å². The number of carbonyl (C=O) groups excluding carboxylic acids is 1. The fourth-order valence-electron chi connectivity index (χ4n) is 3.56. The van der Waals surface area contributed by atoms with Crippen LogP contribution >= 0.6 is 0 Å². The highest BCUT2D eigenvalue weighted by atomic mass is 32.2. The van der Waals surface area contributed by atoms with Gasteiger partial charge in [-0.05, 0) is 49.1 Å². The second kappa shape index (κ2) is 8.82. The van der Waals surface area contributed by atoms with Gasteiger partial charge in [0, 0.05) is 11.6 Å². The first-order valence-corrected chi connectivity index (χ1v) is 11.1. The molecule has 0 bridgehead atoms. The number of methoxy groups -OCH3 is 1. The van der Waals surface area contributed by atoms with E-state index in [0.29, 0.717) is 11.7 Å². The zero-order valence-electron chi connectivity index (χ0n) is 16.4. The molecule has 1 fully saturated rings. The van der Waals surface area contributed by atoms with Gasteiger partial charge in [0.05, 0.1) is 12.8 Å². The zero-order valence-corrected chi connectivity index (χ0v) is 17.3. The van der Waals surface area contributed by atoms with E-state index in [1.54, 1.807) is 18.2 Å². The highest BCUT2D eigenvalue weighted by molar-refractivity contribution is 7.92. The van der Waals surface area contributed by atoms with Crippen LogP contribution in [-0.4, -0.2) is 27.5 Å². The predicted molar refractivity (Wildman–Crippen MR) is 109 cm³/mol. The van der Waals surface area contributed by atoms with E-state index < -0.39 is 26.6 Å². The van der Waals surface area contributed by atoms with Gasteiger partial charge in [-0.15, -0.1) is 0 Å². The van der Waals surface area contributed by atoms with Crippen LogP contribution in [0.15, 0.2) is 47.4 Å². The van der Waals surface area contributed by atoms with E-state index in [-0.39, 0.29) is 17.3 Å². The third-order valence-corrected chi connectivity index (χ3v) is 6.64. The molecule has 6 nitrogen and oxygen atoms in total. The third-order valence-electron chi connectivity index (χ3n) is 5.26. The lowest BCUT2D eigenvalue weighted by Gasteiger charge is -2.29. The number of amides is 1. The van der Waals surface area contributed by atoms with Crippen molar-refractivity contribution in [2.75, 3.05) is 11.8 Å². The van der Waals surface area contributed by atoms with Gasteiger partial charge >= 0.3 is 0 Å². The molecular formula is C21H25FN2O4S. The van der Waals surface area contributed by atoms with Crippen LogP contribution in [0.3, 0.4) is 0 Å². The van der Waals surface area contributed by atoms with E-state index in [1.807, 2.05) is 0 Å². The Kier molecular flexibility index (Phi) is 6.42. The fraction of sp³-hybridized carbons (Fsp3) is 0.381. The summed E-state index contributed by atoms with van der Waals surface area (Å²) in [5.41, 5.74) is 0.282. The highest BCUT2D eigenvalue weighted by Gasteiger charge is 2.26. The average molecular weight is 421 g/mol. The largest absolute Gasteiger partial charge is 0.495 e. The average Bonchev–Trinajstić information content (AvgIpc) is 2.70. The number of hydrogen-bond acceptors (Lipinski definition) is 4. The summed E-state index contributed by atoms with van der Waals surface area (Å²) in [5, 5.41) is 2.95. The summed E-state index contributed by atoms with van der Waals surface area (Å²) < 4.78 is 47.3. The Hall–Kier alpha value is -2.61. The van der Waals surface area contributed by atoms with E-state index in [1.165, 1.54) is 19.2 Å². The predicted octanol–water partition coefficient (Wildman–Crippen LogP) is 3.94. The lowest BCUT2D eigenvalue weighted by molar-refractivity contribution is 0.0910. The minimum Gasteiger partial charge on any atom is -0.495 e. The molecule has 8 heteroatoms. The number of benzene rings is 2. The molecule has 1 aliphatic rings. The fourth-order valence-corrected chi connectivity index (χ4v) is 4.74. The van der Waals surface area contributed by atoms with Crippen molar-refractivity contribution in [1.82, 2.24) is 5.32 Å². The number of sulfonamides is 1. The smallest absolute Gasteiger partial charge is 0.264 e. The molecule has 2 atom stereocenters. The Balaban J connectivity index is 1.85. The molecule has 0 aliphatic heterocycles. The van der Waals surface area contributed by atoms with E-state index in [9.17, 15) is 17.6 Å². The number of rotatable bonds is 6. The quantitative estimate of drug-likeness (QED) is 0.741. The van der Waals surface area contributed by atoms with Crippen LogP contribution < -0.4 is 14.8 Å². The third kappa shape index (κ3) is 4.87. The molecule has 0 spiro atoms. The minimum absolute atomic E-state index is 0.0352. The minimum atomic E-state index is -4.26. The molecule has 0 saturated heterocycles. The first kappa shape index (κ1) is 21.1. The number of nitrogens with one attached hydrogen (secondary N) is 2. The van der Waals surface area contributed by atoms with Crippen LogP contribution in [0.1, 0.15) is 43.0 Å². The SMILES string of the molecule is COc1ccccc1NS(=O)(=O)c1cc(C(=O)N[C@@H]2CCCC[C@@H]2C)ccc1F. The second-order valence-corrected chi connectivity index (χ2v) is 8.94. The molecule has 2 N–H and O–H groups in total. The number of carbonyl (C=O) groups is 1. The topological polar surface area (TPSA) is 84.5 Å². The van der Waals surface area contributed by atoms with Crippen molar-refractivity contribution in [3.63, 3.8) is 0 Å². The summed E-state index contributed by atoms with van der Waals surface area (Å²) >= 11 is 0. The van der Waals surface area contributed by atoms with Gasteiger partial charge in [-0.2, -0.15) is 0 Å². The highest BCUT2D eigenvalue weighted by Crippen LogP contribution is 2.28. The molecule has 0 aromatic heterocycles. The van der Waals surface area contributed by atoms with Crippen LogP contribution in [0.2, 0.25) is 0 Å². The van der Waals surface area contributed by atoms with Crippen LogP contribution in [0.4, 0.5) is 10.1 Å². The van der Waals surface area contributed by atoms with Crippen molar-refractivity contribution in [3.05, 3.63) is 53.8 Å². The van der Waals surface area contributed by atoms with Crippen molar-refractivity contribution >= 4 is 21.6 Å². The van der Waals surface area contributed by atoms with Crippen molar-refractivity contribution in [2.24, 2.45) is 5.92 Å². The van der Waals surface area contributed by atoms with Crippen LogP contribution in [-0.2, 0) is 10.0 Å². The molecular weight excluding hydrogens is 395 g/mol. The molecule has 1 aliphatic carbocycles. The van der Waals surface area contributed by atoms with Crippen LogP contribution in [0.25, 0.3) is 0 Å². The lowest BCUT2D eigenvalue weighted by Crippen LogP contribution is -2.41. The second-order valence-electron chi connectivity index (χ2n) is 7.29. The van der Waals surface area contributed by atoms with Crippen molar-refractivity contribution in [3.8, 4) is 5.75 Å². The molecule has 3 rings (SSSR count). The van der Waals surface area contributed by atoms with E-state index in [2.05, 4.69) is 17.0 Å². The van der Waals surface area contributed by atoms with Gasteiger partial charge < -0.3 is 10.1 Å². The Bertz CT molecular complexity index is 994. The van der Waals surface area contributed by atoms with Gasteiger partial charge in [-0.3, -0.25) is 9.52 Å². The van der Waals surface area contributed by atoms with Crippen molar-refractivity contribution < 1.29 is 22.3 Å². The van der Waals surface area contributed by atoms with Gasteiger partial charge in [0.15, 0.2) is 0 Å². The van der Waals surface area contributed by atoms with Gasteiger partial charge in [0.25, 0.3) is 15.9 Å². The molecule has 156 valence electrons. The van der Waals surface area contributed by atoms with E-state index >= 15 is 0 Å². The Labute approximate surface area is 170 Å². The summed E-state index contributed by atoms with van der Waals surface area (Å²) in [6.45, 7) is 2.09. The van der Waals surface area contributed by atoms with Crippen molar-refractivity contribution in [2.45, 2.75) is 43.5 Å². The molecule has 2 aromatic rings. The summed E-state index contributed by atoms with van der Waals surface area (Å²) in [6.07, 6.45) is 4.10. The van der Waals surface area contributed by atoms with E-state index in [0.717, 1.165) is 37.8 Å². The molecule has 2 aromatic carbocycles. The number of halogens is 1. The van der Waals surface area contributed by atoms with Gasteiger partial charge in [0.1, 0.15) is 16.5 Å². The van der Waals surface area contributed by atoms with Crippen molar-refractivity contribution in [1.29, 1.82) is 0 Å². The maximum atomic E-state index is 14.4. The lowest BCUT2D eigenvalue weighted by atomic mass is 9.86. The van der Waals surface area contributed by atoms with Crippen LogP contribution in [0.5, 0.6) is 5.75 Å². The van der Waals surface area contributed by atoms with Gasteiger partial charge in [-0.25, -0.2) is 12.8 Å². The molecule has 0 radical (unpaired) electrons. The molecule has 29 heavy (non-hydrogen) atoms. The number of hydrogen-bond donors (Lipinski definition) is 2. The summed E-state index contributed by atoms with van der Waals surface area (Å²) in [4.78, 5) is 12.0. The number of anilines is 1. The maximum absolute atomic E-state index is 14.4. The Morgan fingerprint density at radius 2 is 1.86 bits per heavy atom. The first-order valence-electron chi connectivity index (χ1n) is 9.58. The Morgan fingerprint density at radius 3 is 2.59 bits per heavy atom. The van der Waals surface area contributed by atoms with Crippen LogP contribution in [0, 0.1) is 11.7 Å². The van der Waals surface area contributed by atoms with Gasteiger partial charge in [-0.1, -0.05) is 31.9 Å². The summed E-state index contributed by atoms with van der Waals surface area (Å²) in [6, 6.07) is 9.80. The van der Waals surface area contributed by atoms with Gasteiger partial charge in [0.2, 0.25) is 0 Å². The number of para-hydroxylation sites is 2. The zero-order chi connectivity index (χ0) is 21.0. The molecule has 0 heterocycles. The summed E-state index contributed by atoms with van der Waals surface area (Å²) in [5.74, 6) is -0.687.